The van der Waals surface area contributed by atoms with E-state index in [4.69, 9.17) is 4.74 Å². The second-order valence-electron chi connectivity index (χ2n) is 5.41. The molecule has 2 aliphatic rings. The van der Waals surface area contributed by atoms with Crippen LogP contribution in [0.3, 0.4) is 0 Å². The summed E-state index contributed by atoms with van der Waals surface area (Å²) < 4.78 is 5.33. The van der Waals surface area contributed by atoms with Crippen molar-refractivity contribution in [3.8, 4) is 0 Å². The van der Waals surface area contributed by atoms with Gasteiger partial charge in [-0.15, -0.1) is 0 Å². The third kappa shape index (κ3) is 3.55. The predicted molar refractivity (Wildman–Crippen MR) is 83.0 cm³/mol. The molecule has 22 heavy (non-hydrogen) atoms. The number of carbonyl (C=O) groups excluding carboxylic acids is 2. The lowest BCUT2D eigenvalue weighted by Gasteiger charge is -2.23. The van der Waals surface area contributed by atoms with Gasteiger partial charge < -0.3 is 20.7 Å². The van der Waals surface area contributed by atoms with E-state index in [-0.39, 0.29) is 18.0 Å². The molecule has 2 saturated heterocycles. The zero-order valence-corrected chi connectivity index (χ0v) is 12.3. The third-order valence-corrected chi connectivity index (χ3v) is 3.75. The first-order valence-corrected chi connectivity index (χ1v) is 7.49. The van der Waals surface area contributed by atoms with Crippen molar-refractivity contribution in [2.24, 2.45) is 0 Å². The van der Waals surface area contributed by atoms with Crippen molar-refractivity contribution in [2.45, 2.75) is 12.5 Å². The topological polar surface area (TPSA) is 82.7 Å². The summed E-state index contributed by atoms with van der Waals surface area (Å²) in [5.74, 6) is -0.0466. The lowest BCUT2D eigenvalue weighted by atomic mass is 10.2. The first-order chi connectivity index (χ1) is 10.7. The Morgan fingerprint density at radius 2 is 2.14 bits per heavy atom. The fourth-order valence-electron chi connectivity index (χ4n) is 2.63. The molecule has 3 amide bonds. The van der Waals surface area contributed by atoms with E-state index in [0.29, 0.717) is 32.7 Å². The Labute approximate surface area is 129 Å². The molecular formula is C15H20N4O3. The molecular weight excluding hydrogens is 284 g/mol. The summed E-state index contributed by atoms with van der Waals surface area (Å²) in [4.78, 5) is 25.3. The molecule has 1 atom stereocenters. The van der Waals surface area contributed by atoms with Crippen molar-refractivity contribution in [1.29, 1.82) is 0 Å². The van der Waals surface area contributed by atoms with E-state index in [1.807, 2.05) is 24.3 Å². The van der Waals surface area contributed by atoms with Crippen LogP contribution in [0.15, 0.2) is 24.3 Å². The van der Waals surface area contributed by atoms with Gasteiger partial charge in [0, 0.05) is 43.5 Å². The number of nitrogens with one attached hydrogen (secondary N) is 3. The highest BCUT2D eigenvalue weighted by molar-refractivity contribution is 5.95. The zero-order valence-electron chi connectivity index (χ0n) is 12.3. The number of hydrogen-bond donors (Lipinski definition) is 3. The maximum atomic E-state index is 12.0. The summed E-state index contributed by atoms with van der Waals surface area (Å²) in [7, 11) is 0. The zero-order chi connectivity index (χ0) is 15.4. The minimum Gasteiger partial charge on any atom is -0.378 e. The molecule has 118 valence electrons. The van der Waals surface area contributed by atoms with Gasteiger partial charge in [-0.25, -0.2) is 4.79 Å². The number of carbonyl (C=O) groups is 2. The summed E-state index contributed by atoms with van der Waals surface area (Å²) in [6.07, 6.45) is 0.385. The van der Waals surface area contributed by atoms with Gasteiger partial charge >= 0.3 is 6.03 Å². The largest absolute Gasteiger partial charge is 0.378 e. The molecule has 0 radical (unpaired) electrons. The molecule has 1 aromatic rings. The number of urea groups is 1. The molecule has 7 heteroatoms. The molecule has 3 rings (SSSR count). The molecule has 2 heterocycles. The fourth-order valence-corrected chi connectivity index (χ4v) is 2.63. The van der Waals surface area contributed by atoms with Crippen LogP contribution < -0.4 is 20.9 Å². The molecule has 0 saturated carbocycles. The van der Waals surface area contributed by atoms with Crippen LogP contribution in [0.5, 0.6) is 0 Å². The van der Waals surface area contributed by atoms with Crippen molar-refractivity contribution < 1.29 is 14.3 Å². The molecule has 3 N–H and O–H groups in total. The van der Waals surface area contributed by atoms with Gasteiger partial charge in [-0.1, -0.05) is 0 Å². The minimum atomic E-state index is -0.0832. The van der Waals surface area contributed by atoms with Crippen LogP contribution in [0.1, 0.15) is 6.42 Å². The van der Waals surface area contributed by atoms with Gasteiger partial charge in [0.2, 0.25) is 5.91 Å². The molecule has 1 unspecified atom stereocenters. The maximum Gasteiger partial charge on any atom is 0.321 e. The Hall–Kier alpha value is -2.12. The molecule has 0 aliphatic carbocycles. The van der Waals surface area contributed by atoms with Gasteiger partial charge in [0.15, 0.2) is 0 Å². The van der Waals surface area contributed by atoms with E-state index in [1.165, 1.54) is 0 Å². The Balaban J connectivity index is 1.54. The average Bonchev–Trinajstić information content (AvgIpc) is 2.95. The molecule has 2 fully saturated rings. The Morgan fingerprint density at radius 3 is 2.77 bits per heavy atom. The van der Waals surface area contributed by atoms with Crippen LogP contribution in [0, 0.1) is 0 Å². The number of nitrogens with zero attached hydrogens (tertiary/aromatic N) is 1. The van der Waals surface area contributed by atoms with Gasteiger partial charge in [-0.3, -0.25) is 9.69 Å². The van der Waals surface area contributed by atoms with Crippen molar-refractivity contribution >= 4 is 23.3 Å². The van der Waals surface area contributed by atoms with Crippen molar-refractivity contribution in [3.63, 3.8) is 0 Å². The summed E-state index contributed by atoms with van der Waals surface area (Å²) >= 11 is 0. The van der Waals surface area contributed by atoms with Crippen LogP contribution >= 0.6 is 0 Å². The van der Waals surface area contributed by atoms with Gasteiger partial charge in [-0.2, -0.15) is 0 Å². The van der Waals surface area contributed by atoms with Crippen molar-refractivity contribution in [3.05, 3.63) is 24.3 Å². The van der Waals surface area contributed by atoms with Crippen LogP contribution in [0.25, 0.3) is 0 Å². The van der Waals surface area contributed by atoms with E-state index in [2.05, 4.69) is 16.0 Å². The van der Waals surface area contributed by atoms with E-state index in [0.717, 1.165) is 17.9 Å². The summed E-state index contributed by atoms with van der Waals surface area (Å²) in [6, 6.07) is 7.28. The second-order valence-corrected chi connectivity index (χ2v) is 5.41. The number of hydrogen-bond acceptors (Lipinski definition) is 4. The molecule has 2 aliphatic heterocycles. The normalized spacial score (nSPS) is 21.5. The number of morpholine rings is 1. The highest BCUT2D eigenvalue weighted by atomic mass is 16.5. The van der Waals surface area contributed by atoms with E-state index < -0.39 is 0 Å². The molecule has 0 aromatic heterocycles. The Morgan fingerprint density at radius 1 is 1.32 bits per heavy atom. The van der Waals surface area contributed by atoms with E-state index >= 15 is 0 Å². The van der Waals surface area contributed by atoms with Gasteiger partial charge in [0.25, 0.3) is 0 Å². The summed E-state index contributed by atoms with van der Waals surface area (Å²) in [5.41, 5.74) is 1.56. The van der Waals surface area contributed by atoms with Gasteiger partial charge in [0.05, 0.1) is 13.2 Å². The van der Waals surface area contributed by atoms with E-state index in [9.17, 15) is 9.59 Å². The average molecular weight is 304 g/mol. The number of amides is 3. The van der Waals surface area contributed by atoms with Crippen molar-refractivity contribution in [2.75, 3.05) is 43.1 Å². The fraction of sp³-hybridized carbons (Fsp3) is 0.467. The van der Waals surface area contributed by atoms with Crippen LogP contribution in [-0.2, 0) is 9.53 Å². The Bertz CT molecular complexity index is 540. The summed E-state index contributed by atoms with van der Waals surface area (Å²) in [5, 5.41) is 8.87. The first-order valence-electron chi connectivity index (χ1n) is 7.49. The molecule has 0 spiro atoms. The lowest BCUT2D eigenvalue weighted by Crippen LogP contribution is -2.43. The maximum absolute atomic E-state index is 12.0. The highest BCUT2D eigenvalue weighted by Gasteiger charge is 2.21. The predicted octanol–water partition coefficient (Wildman–Crippen LogP) is 0.533. The van der Waals surface area contributed by atoms with Crippen molar-refractivity contribution in [1.82, 2.24) is 10.6 Å². The van der Waals surface area contributed by atoms with Crippen LogP contribution in [0.4, 0.5) is 16.2 Å². The number of ether oxygens (including phenoxy) is 1. The van der Waals surface area contributed by atoms with Gasteiger partial charge in [-0.05, 0) is 24.3 Å². The number of rotatable bonds is 4. The van der Waals surface area contributed by atoms with E-state index in [1.54, 1.807) is 4.90 Å². The minimum absolute atomic E-state index is 0.0466. The molecule has 0 bridgehead atoms. The standard InChI is InChI=1S/C15H20N4O3/c20-14(9-12-10-22-8-6-16-12)18-11-1-3-13(4-2-11)19-7-5-17-15(19)21/h1-4,12,16H,5-10H2,(H,17,21)(H,18,20). The third-order valence-electron chi connectivity index (χ3n) is 3.75. The summed E-state index contributed by atoms with van der Waals surface area (Å²) in [6.45, 7) is 3.37. The smallest absolute Gasteiger partial charge is 0.321 e. The molecule has 1 aromatic carbocycles. The van der Waals surface area contributed by atoms with Crippen LogP contribution in [-0.4, -0.2) is 50.8 Å². The number of benzene rings is 1. The Kier molecular flexibility index (Phi) is 4.55. The monoisotopic (exact) mass is 304 g/mol. The quantitative estimate of drug-likeness (QED) is 0.758. The molecule has 7 nitrogen and oxygen atoms in total. The lowest BCUT2D eigenvalue weighted by molar-refractivity contribution is -0.117. The second kappa shape index (κ2) is 6.76. The SMILES string of the molecule is O=C(CC1COCCN1)Nc1ccc(N2CCNC2=O)cc1. The van der Waals surface area contributed by atoms with Crippen LogP contribution in [0.2, 0.25) is 0 Å². The first kappa shape index (κ1) is 14.8. The van der Waals surface area contributed by atoms with Gasteiger partial charge in [0.1, 0.15) is 0 Å². The highest BCUT2D eigenvalue weighted by Crippen LogP contribution is 2.19. The number of anilines is 2.